The van der Waals surface area contributed by atoms with Gasteiger partial charge in [-0.2, -0.15) is 5.10 Å². The third-order valence-corrected chi connectivity index (χ3v) is 6.80. The first-order valence-corrected chi connectivity index (χ1v) is 9.33. The molecule has 2 aliphatic rings. The summed E-state index contributed by atoms with van der Waals surface area (Å²) >= 11 is 0. The largest absolute Gasteiger partial charge is 0.373 e. The molecular weight excluding hydrogens is 296 g/mol. The van der Waals surface area contributed by atoms with E-state index >= 15 is 0 Å². The molecule has 2 saturated carbocycles. The molecule has 2 N–H and O–H groups in total. The maximum Gasteiger partial charge on any atom is 0.0720 e. The maximum atomic E-state index is 6.40. The van der Waals surface area contributed by atoms with Gasteiger partial charge in [0, 0.05) is 11.1 Å². The zero-order valence-corrected chi connectivity index (χ0v) is 15.6. The molecule has 0 spiro atoms. The SMILES string of the molecule is CC1CC[C@H]2C(C)(C)[C@H](OCc3ccccc3)CC[C@]2(C)/C1=N/N. The summed E-state index contributed by atoms with van der Waals surface area (Å²) in [6, 6.07) is 10.5. The predicted molar refractivity (Wildman–Crippen MR) is 99.7 cm³/mol. The topological polar surface area (TPSA) is 47.6 Å². The van der Waals surface area contributed by atoms with E-state index in [2.05, 4.69) is 63.1 Å². The predicted octanol–water partition coefficient (Wildman–Crippen LogP) is 4.76. The molecule has 0 aromatic heterocycles. The Labute approximate surface area is 146 Å². The van der Waals surface area contributed by atoms with Crippen LogP contribution in [0.3, 0.4) is 0 Å². The molecule has 0 heterocycles. The lowest BCUT2D eigenvalue weighted by atomic mass is 9.48. The minimum absolute atomic E-state index is 0.128. The van der Waals surface area contributed by atoms with Crippen molar-refractivity contribution in [2.24, 2.45) is 33.6 Å². The Morgan fingerprint density at radius 3 is 2.50 bits per heavy atom. The number of nitrogens with zero attached hydrogens (tertiary/aromatic N) is 1. The van der Waals surface area contributed by atoms with Crippen molar-refractivity contribution in [1.82, 2.24) is 0 Å². The van der Waals surface area contributed by atoms with Gasteiger partial charge in [0.15, 0.2) is 0 Å². The molecule has 3 nitrogen and oxygen atoms in total. The van der Waals surface area contributed by atoms with Gasteiger partial charge in [-0.15, -0.1) is 0 Å². The number of hydrazone groups is 1. The molecule has 1 aromatic carbocycles. The van der Waals surface area contributed by atoms with Crippen molar-refractivity contribution in [3.05, 3.63) is 35.9 Å². The number of hydrogen-bond donors (Lipinski definition) is 1. The molecule has 0 aliphatic heterocycles. The highest BCUT2D eigenvalue weighted by atomic mass is 16.5. The molecular formula is C21H32N2O. The Balaban J connectivity index is 1.78. The number of rotatable bonds is 3. The lowest BCUT2D eigenvalue weighted by Gasteiger charge is -2.57. The van der Waals surface area contributed by atoms with Gasteiger partial charge in [0.1, 0.15) is 0 Å². The van der Waals surface area contributed by atoms with Crippen molar-refractivity contribution in [2.75, 3.05) is 0 Å². The fourth-order valence-electron chi connectivity index (χ4n) is 5.48. The third-order valence-electron chi connectivity index (χ3n) is 6.80. The van der Waals surface area contributed by atoms with E-state index in [9.17, 15) is 0 Å². The molecule has 0 amide bonds. The molecule has 2 aliphatic carbocycles. The summed E-state index contributed by atoms with van der Waals surface area (Å²) in [6.07, 6.45) is 4.93. The van der Waals surface area contributed by atoms with Crippen molar-refractivity contribution >= 4 is 5.71 Å². The number of benzene rings is 1. The summed E-state index contributed by atoms with van der Waals surface area (Å²) in [6.45, 7) is 10.1. The van der Waals surface area contributed by atoms with Gasteiger partial charge in [-0.05, 0) is 48.5 Å². The van der Waals surface area contributed by atoms with E-state index in [0.29, 0.717) is 24.5 Å². The van der Waals surface area contributed by atoms with E-state index in [0.717, 1.165) is 12.8 Å². The normalized spacial score (nSPS) is 37.2. The fourth-order valence-corrected chi connectivity index (χ4v) is 5.48. The minimum atomic E-state index is 0.128. The van der Waals surface area contributed by atoms with E-state index in [1.165, 1.54) is 24.1 Å². The smallest absolute Gasteiger partial charge is 0.0720 e. The van der Waals surface area contributed by atoms with Crippen molar-refractivity contribution in [1.29, 1.82) is 0 Å². The second kappa shape index (κ2) is 6.51. The second-order valence-corrected chi connectivity index (χ2v) is 8.61. The Bertz CT molecular complexity index is 595. The lowest BCUT2D eigenvalue weighted by molar-refractivity contribution is -0.122. The molecule has 1 aromatic rings. The first-order chi connectivity index (χ1) is 11.4. The highest BCUT2D eigenvalue weighted by molar-refractivity contribution is 5.92. The number of ether oxygens (including phenoxy) is 1. The standard InChI is InChI=1S/C21H32N2O/c1-15-10-11-17-20(2,3)18(12-13-21(17,4)19(15)23-22)24-14-16-8-6-5-7-9-16/h5-9,15,17-18H,10-14,22H2,1-4H3/b23-19+/t15?,17-,18+,21-/m0/s1. The zero-order valence-electron chi connectivity index (χ0n) is 15.6. The van der Waals surface area contributed by atoms with Gasteiger partial charge in [-0.3, -0.25) is 0 Å². The van der Waals surface area contributed by atoms with Gasteiger partial charge in [-0.25, -0.2) is 0 Å². The van der Waals surface area contributed by atoms with Crippen LogP contribution in [0.2, 0.25) is 0 Å². The summed E-state index contributed by atoms with van der Waals surface area (Å²) in [5.74, 6) is 6.89. The van der Waals surface area contributed by atoms with E-state index in [-0.39, 0.29) is 10.8 Å². The van der Waals surface area contributed by atoms with Gasteiger partial charge in [0.25, 0.3) is 0 Å². The van der Waals surface area contributed by atoms with E-state index in [1.54, 1.807) is 0 Å². The average Bonchev–Trinajstić information content (AvgIpc) is 2.54. The molecule has 0 bridgehead atoms. The average molecular weight is 329 g/mol. The summed E-state index contributed by atoms with van der Waals surface area (Å²) < 4.78 is 6.40. The Kier molecular flexibility index (Phi) is 4.74. The van der Waals surface area contributed by atoms with Crippen LogP contribution in [0.25, 0.3) is 0 Å². The number of fused-ring (bicyclic) bond motifs is 1. The second-order valence-electron chi connectivity index (χ2n) is 8.61. The molecule has 24 heavy (non-hydrogen) atoms. The van der Waals surface area contributed by atoms with Crippen molar-refractivity contribution in [3.63, 3.8) is 0 Å². The van der Waals surface area contributed by atoms with Crippen molar-refractivity contribution < 1.29 is 4.74 Å². The van der Waals surface area contributed by atoms with Crippen LogP contribution in [0, 0.1) is 22.7 Å². The number of hydrogen-bond acceptors (Lipinski definition) is 3. The highest BCUT2D eigenvalue weighted by Crippen LogP contribution is 2.58. The van der Waals surface area contributed by atoms with Crippen molar-refractivity contribution in [3.8, 4) is 0 Å². The molecule has 0 radical (unpaired) electrons. The third kappa shape index (κ3) is 2.88. The van der Waals surface area contributed by atoms with Crippen LogP contribution in [0.5, 0.6) is 0 Å². The highest BCUT2D eigenvalue weighted by Gasteiger charge is 2.56. The van der Waals surface area contributed by atoms with Crippen LogP contribution in [0.1, 0.15) is 58.9 Å². The summed E-state index contributed by atoms with van der Waals surface area (Å²) in [5.41, 5.74) is 2.75. The molecule has 132 valence electrons. The quantitative estimate of drug-likeness (QED) is 0.642. The number of nitrogens with two attached hydrogens (primary N) is 1. The summed E-state index contributed by atoms with van der Waals surface area (Å²) in [4.78, 5) is 0. The maximum absolute atomic E-state index is 6.40. The van der Waals surface area contributed by atoms with E-state index in [1.807, 2.05) is 0 Å². The molecule has 4 atom stereocenters. The Morgan fingerprint density at radius 2 is 1.83 bits per heavy atom. The van der Waals surface area contributed by atoms with Crippen LogP contribution in [-0.4, -0.2) is 11.8 Å². The first-order valence-electron chi connectivity index (χ1n) is 9.33. The van der Waals surface area contributed by atoms with Crippen LogP contribution in [-0.2, 0) is 11.3 Å². The van der Waals surface area contributed by atoms with Crippen LogP contribution in [0.4, 0.5) is 0 Å². The molecule has 1 unspecified atom stereocenters. The summed E-state index contributed by atoms with van der Waals surface area (Å²) in [5, 5.41) is 4.24. The summed E-state index contributed by atoms with van der Waals surface area (Å²) in [7, 11) is 0. The Hall–Kier alpha value is -1.35. The van der Waals surface area contributed by atoms with Gasteiger partial charge in [0.05, 0.1) is 12.7 Å². The monoisotopic (exact) mass is 328 g/mol. The van der Waals surface area contributed by atoms with Crippen LogP contribution in [0.15, 0.2) is 35.4 Å². The Morgan fingerprint density at radius 1 is 1.12 bits per heavy atom. The lowest BCUT2D eigenvalue weighted by Crippen LogP contribution is -2.57. The van der Waals surface area contributed by atoms with E-state index in [4.69, 9.17) is 10.6 Å². The van der Waals surface area contributed by atoms with Gasteiger partial charge in [-0.1, -0.05) is 58.0 Å². The van der Waals surface area contributed by atoms with Crippen molar-refractivity contribution in [2.45, 2.75) is 66.1 Å². The van der Waals surface area contributed by atoms with Gasteiger partial charge < -0.3 is 10.6 Å². The van der Waals surface area contributed by atoms with Gasteiger partial charge >= 0.3 is 0 Å². The molecule has 3 rings (SSSR count). The van der Waals surface area contributed by atoms with Gasteiger partial charge in [0.2, 0.25) is 0 Å². The zero-order chi connectivity index (χ0) is 17.4. The molecule has 3 heteroatoms. The minimum Gasteiger partial charge on any atom is -0.373 e. The van der Waals surface area contributed by atoms with Crippen LogP contribution < -0.4 is 5.84 Å². The molecule has 2 fully saturated rings. The van der Waals surface area contributed by atoms with Crippen LogP contribution >= 0.6 is 0 Å². The fraction of sp³-hybridized carbons (Fsp3) is 0.667. The van der Waals surface area contributed by atoms with E-state index < -0.39 is 0 Å². The first kappa shape index (κ1) is 17.5. The molecule has 0 saturated heterocycles.